The van der Waals surface area contributed by atoms with Gasteiger partial charge in [0.05, 0.1) is 5.92 Å². The molecule has 0 bridgehead atoms. The minimum atomic E-state index is -0.786. The summed E-state index contributed by atoms with van der Waals surface area (Å²) in [5.41, 5.74) is -0.492. The van der Waals surface area contributed by atoms with Crippen molar-refractivity contribution in [2.45, 2.75) is 52.1 Å². The van der Waals surface area contributed by atoms with Crippen molar-refractivity contribution in [1.29, 1.82) is 0 Å². The van der Waals surface area contributed by atoms with Crippen molar-refractivity contribution in [3.05, 3.63) is 0 Å². The van der Waals surface area contributed by atoms with Gasteiger partial charge in [-0.25, -0.2) is 0 Å². The molecule has 0 amide bonds. The standard InChI is InChI=1S/C12H20O4/c1-12(2,3)16-10(13)7-8-5-4-6-9(8)11(14)15/h8-9H,4-7H2,1-3H3,(H,14,15). The van der Waals surface area contributed by atoms with E-state index in [1.54, 1.807) is 0 Å². The van der Waals surface area contributed by atoms with Crippen LogP contribution in [0, 0.1) is 11.8 Å². The molecule has 1 N–H and O–H groups in total. The quantitative estimate of drug-likeness (QED) is 0.752. The molecule has 1 rings (SSSR count). The molecule has 0 aromatic heterocycles. The summed E-state index contributed by atoms with van der Waals surface area (Å²) in [5, 5.41) is 8.98. The predicted octanol–water partition coefficient (Wildman–Crippen LogP) is 2.22. The van der Waals surface area contributed by atoms with Crippen molar-refractivity contribution in [3.63, 3.8) is 0 Å². The van der Waals surface area contributed by atoms with Crippen molar-refractivity contribution in [2.24, 2.45) is 11.8 Å². The Labute approximate surface area is 96.0 Å². The maximum absolute atomic E-state index is 11.6. The first-order valence-electron chi connectivity index (χ1n) is 5.74. The number of ether oxygens (including phenoxy) is 1. The van der Waals surface area contributed by atoms with Gasteiger partial charge in [-0.1, -0.05) is 6.42 Å². The smallest absolute Gasteiger partial charge is 0.306 e. The number of carboxylic acids is 1. The molecular weight excluding hydrogens is 208 g/mol. The zero-order valence-corrected chi connectivity index (χ0v) is 10.2. The van der Waals surface area contributed by atoms with Gasteiger partial charge in [0.15, 0.2) is 0 Å². The molecule has 0 saturated heterocycles. The van der Waals surface area contributed by atoms with Gasteiger partial charge >= 0.3 is 11.9 Å². The molecule has 0 aromatic carbocycles. The maximum atomic E-state index is 11.6. The van der Waals surface area contributed by atoms with E-state index in [0.29, 0.717) is 6.42 Å². The van der Waals surface area contributed by atoms with Crippen LogP contribution in [0.1, 0.15) is 46.5 Å². The van der Waals surface area contributed by atoms with Crippen LogP contribution in [0.15, 0.2) is 0 Å². The molecule has 2 atom stereocenters. The summed E-state index contributed by atoms with van der Waals surface area (Å²) >= 11 is 0. The lowest BCUT2D eigenvalue weighted by atomic mass is 9.93. The Bertz CT molecular complexity index is 277. The average molecular weight is 228 g/mol. The van der Waals surface area contributed by atoms with Crippen LogP contribution in [0.4, 0.5) is 0 Å². The predicted molar refractivity (Wildman–Crippen MR) is 58.9 cm³/mol. The van der Waals surface area contributed by atoms with Gasteiger partial charge in [0.1, 0.15) is 5.60 Å². The molecular formula is C12H20O4. The van der Waals surface area contributed by atoms with Crippen LogP contribution in [0.3, 0.4) is 0 Å². The first-order chi connectivity index (χ1) is 7.29. The van der Waals surface area contributed by atoms with E-state index in [-0.39, 0.29) is 24.2 Å². The van der Waals surface area contributed by atoms with Crippen LogP contribution in [0.5, 0.6) is 0 Å². The van der Waals surface area contributed by atoms with Crippen molar-refractivity contribution >= 4 is 11.9 Å². The second kappa shape index (κ2) is 4.85. The molecule has 16 heavy (non-hydrogen) atoms. The summed E-state index contributed by atoms with van der Waals surface area (Å²) in [6.45, 7) is 5.44. The lowest BCUT2D eigenvalue weighted by Crippen LogP contribution is -2.27. The zero-order valence-electron chi connectivity index (χ0n) is 10.2. The van der Waals surface area contributed by atoms with Crippen LogP contribution in [0.2, 0.25) is 0 Å². The summed E-state index contributed by atoms with van der Waals surface area (Å²) in [5.74, 6) is -1.49. The molecule has 0 aliphatic heterocycles. The van der Waals surface area contributed by atoms with Crippen LogP contribution >= 0.6 is 0 Å². The normalized spacial score (nSPS) is 25.4. The zero-order chi connectivity index (χ0) is 12.3. The number of carbonyl (C=O) groups is 2. The second-order valence-electron chi connectivity index (χ2n) is 5.43. The molecule has 1 aliphatic rings. The summed E-state index contributed by atoms with van der Waals surface area (Å²) in [6, 6.07) is 0. The fourth-order valence-electron chi connectivity index (χ4n) is 2.20. The van der Waals surface area contributed by atoms with Gasteiger partial charge in [-0.15, -0.1) is 0 Å². The van der Waals surface area contributed by atoms with Gasteiger partial charge in [0, 0.05) is 6.42 Å². The van der Waals surface area contributed by atoms with Gasteiger partial charge in [0.2, 0.25) is 0 Å². The minimum absolute atomic E-state index is 0.0488. The van der Waals surface area contributed by atoms with Gasteiger partial charge in [-0.2, -0.15) is 0 Å². The summed E-state index contributed by atoms with van der Waals surface area (Å²) < 4.78 is 5.20. The lowest BCUT2D eigenvalue weighted by Gasteiger charge is -2.22. The topological polar surface area (TPSA) is 63.6 Å². The summed E-state index contributed by atoms with van der Waals surface area (Å²) in [6.07, 6.45) is 2.62. The molecule has 0 aromatic rings. The van der Waals surface area contributed by atoms with E-state index in [4.69, 9.17) is 9.84 Å². The SMILES string of the molecule is CC(C)(C)OC(=O)CC1CCCC1C(=O)O. The van der Waals surface area contributed by atoms with E-state index in [1.165, 1.54) is 0 Å². The van der Waals surface area contributed by atoms with E-state index < -0.39 is 11.6 Å². The molecule has 1 aliphatic carbocycles. The maximum Gasteiger partial charge on any atom is 0.306 e. The van der Waals surface area contributed by atoms with Crippen molar-refractivity contribution in [1.82, 2.24) is 0 Å². The van der Waals surface area contributed by atoms with Crippen LogP contribution in [0.25, 0.3) is 0 Å². The van der Waals surface area contributed by atoms with Crippen LogP contribution < -0.4 is 0 Å². The van der Waals surface area contributed by atoms with Crippen molar-refractivity contribution in [3.8, 4) is 0 Å². The Morgan fingerprint density at radius 2 is 1.94 bits per heavy atom. The van der Waals surface area contributed by atoms with Gasteiger partial charge in [-0.3, -0.25) is 9.59 Å². The Hall–Kier alpha value is -1.06. The van der Waals surface area contributed by atoms with Gasteiger partial charge in [-0.05, 0) is 39.5 Å². The van der Waals surface area contributed by atoms with E-state index in [9.17, 15) is 9.59 Å². The molecule has 0 spiro atoms. The fraction of sp³-hybridized carbons (Fsp3) is 0.833. The highest BCUT2D eigenvalue weighted by Gasteiger charge is 2.35. The number of esters is 1. The lowest BCUT2D eigenvalue weighted by molar-refractivity contribution is -0.156. The van der Waals surface area contributed by atoms with Crippen molar-refractivity contribution < 1.29 is 19.4 Å². The highest BCUT2D eigenvalue weighted by atomic mass is 16.6. The molecule has 0 heterocycles. The van der Waals surface area contributed by atoms with E-state index in [2.05, 4.69) is 0 Å². The van der Waals surface area contributed by atoms with Gasteiger partial charge in [0.25, 0.3) is 0 Å². The molecule has 2 unspecified atom stereocenters. The highest BCUT2D eigenvalue weighted by Crippen LogP contribution is 2.34. The molecule has 4 heteroatoms. The average Bonchev–Trinajstić information content (AvgIpc) is 2.47. The van der Waals surface area contributed by atoms with Crippen LogP contribution in [-0.4, -0.2) is 22.6 Å². The van der Waals surface area contributed by atoms with Crippen LogP contribution in [-0.2, 0) is 14.3 Å². The molecule has 92 valence electrons. The number of hydrogen-bond acceptors (Lipinski definition) is 3. The minimum Gasteiger partial charge on any atom is -0.481 e. The third-order valence-electron chi connectivity index (χ3n) is 2.83. The number of rotatable bonds is 3. The number of hydrogen-bond donors (Lipinski definition) is 1. The fourth-order valence-corrected chi connectivity index (χ4v) is 2.20. The monoisotopic (exact) mass is 228 g/mol. The first kappa shape index (κ1) is 13.0. The molecule has 0 radical (unpaired) electrons. The van der Waals surface area contributed by atoms with Crippen molar-refractivity contribution in [2.75, 3.05) is 0 Å². The Kier molecular flexibility index (Phi) is 3.94. The number of carbonyl (C=O) groups excluding carboxylic acids is 1. The third kappa shape index (κ3) is 3.83. The summed E-state index contributed by atoms with van der Waals surface area (Å²) in [7, 11) is 0. The molecule has 1 fully saturated rings. The third-order valence-corrected chi connectivity index (χ3v) is 2.83. The molecule has 4 nitrogen and oxygen atoms in total. The Morgan fingerprint density at radius 3 is 2.44 bits per heavy atom. The van der Waals surface area contributed by atoms with Gasteiger partial charge < -0.3 is 9.84 Å². The second-order valence-corrected chi connectivity index (χ2v) is 5.43. The number of carboxylic acid groups (broad SMARTS) is 1. The Morgan fingerprint density at radius 1 is 1.31 bits per heavy atom. The number of aliphatic carboxylic acids is 1. The Balaban J connectivity index is 2.47. The van der Waals surface area contributed by atoms with E-state index in [1.807, 2.05) is 20.8 Å². The summed E-state index contributed by atoms with van der Waals surface area (Å²) in [4.78, 5) is 22.5. The first-order valence-corrected chi connectivity index (χ1v) is 5.74. The largest absolute Gasteiger partial charge is 0.481 e. The highest BCUT2D eigenvalue weighted by molar-refractivity contribution is 5.74. The van der Waals surface area contributed by atoms with E-state index >= 15 is 0 Å². The van der Waals surface area contributed by atoms with E-state index in [0.717, 1.165) is 12.8 Å². The molecule has 1 saturated carbocycles.